The standard InChI is InChI=1S/C27H24N2S/c30-27(23-17-9-3-10-18-23)29-26(22-15-7-2-8-16-22)25(21-13-5-1-6-14-21)28-24-19-11-4-12-20-24/h1-20,25-26,28H,(H,29,30). The highest BCUT2D eigenvalue weighted by Gasteiger charge is 2.26. The minimum absolute atomic E-state index is 0.0161. The van der Waals surface area contributed by atoms with Crippen LogP contribution in [0, 0.1) is 0 Å². The van der Waals surface area contributed by atoms with Crippen LogP contribution in [0.4, 0.5) is 5.69 Å². The van der Waals surface area contributed by atoms with Crippen molar-refractivity contribution in [2.45, 2.75) is 12.1 Å². The quantitative estimate of drug-likeness (QED) is 0.339. The summed E-state index contributed by atoms with van der Waals surface area (Å²) in [4.78, 5) is 0.736. The van der Waals surface area contributed by atoms with Gasteiger partial charge in [0.2, 0.25) is 0 Å². The number of hydrogen-bond donors (Lipinski definition) is 2. The molecule has 0 aromatic heterocycles. The van der Waals surface area contributed by atoms with E-state index in [-0.39, 0.29) is 12.1 Å². The summed E-state index contributed by atoms with van der Waals surface area (Å²) < 4.78 is 0. The molecule has 2 unspecified atom stereocenters. The molecule has 3 heteroatoms. The van der Waals surface area contributed by atoms with E-state index in [9.17, 15) is 0 Å². The van der Waals surface area contributed by atoms with E-state index in [1.165, 1.54) is 11.1 Å². The van der Waals surface area contributed by atoms with E-state index in [1.807, 2.05) is 60.7 Å². The highest BCUT2D eigenvalue weighted by molar-refractivity contribution is 7.80. The monoisotopic (exact) mass is 408 g/mol. The summed E-state index contributed by atoms with van der Waals surface area (Å²) in [5, 5.41) is 7.37. The Morgan fingerprint density at radius 3 is 1.50 bits per heavy atom. The molecule has 4 aromatic carbocycles. The number of rotatable bonds is 7. The van der Waals surface area contributed by atoms with Crippen LogP contribution in [0.25, 0.3) is 0 Å². The number of hydrogen-bond acceptors (Lipinski definition) is 2. The van der Waals surface area contributed by atoms with Crippen molar-refractivity contribution in [2.75, 3.05) is 5.32 Å². The molecule has 0 spiro atoms. The van der Waals surface area contributed by atoms with Crippen molar-refractivity contribution >= 4 is 22.9 Å². The van der Waals surface area contributed by atoms with Crippen LogP contribution in [0.5, 0.6) is 0 Å². The van der Waals surface area contributed by atoms with Gasteiger partial charge in [0.05, 0.1) is 12.1 Å². The van der Waals surface area contributed by atoms with Gasteiger partial charge in [-0.15, -0.1) is 0 Å². The first-order valence-corrected chi connectivity index (χ1v) is 10.5. The zero-order chi connectivity index (χ0) is 20.6. The minimum atomic E-state index is -0.0542. The summed E-state index contributed by atoms with van der Waals surface area (Å²) >= 11 is 5.79. The van der Waals surface area contributed by atoms with Crippen LogP contribution in [0.1, 0.15) is 28.8 Å². The molecule has 2 nitrogen and oxygen atoms in total. The van der Waals surface area contributed by atoms with Gasteiger partial charge in [-0.25, -0.2) is 0 Å². The second-order valence-corrected chi connectivity index (χ2v) is 7.53. The lowest BCUT2D eigenvalue weighted by atomic mass is 9.92. The molecule has 0 aliphatic rings. The van der Waals surface area contributed by atoms with Gasteiger partial charge in [-0.05, 0) is 23.3 Å². The van der Waals surface area contributed by atoms with Crippen LogP contribution in [0.2, 0.25) is 0 Å². The Kier molecular flexibility index (Phi) is 6.53. The lowest BCUT2D eigenvalue weighted by Crippen LogP contribution is -2.35. The zero-order valence-corrected chi connectivity index (χ0v) is 17.4. The van der Waals surface area contributed by atoms with E-state index in [2.05, 4.69) is 71.3 Å². The summed E-state index contributed by atoms with van der Waals surface area (Å²) in [5.41, 5.74) is 4.45. The van der Waals surface area contributed by atoms with Crippen molar-refractivity contribution in [2.24, 2.45) is 0 Å². The minimum Gasteiger partial charge on any atom is -0.376 e. The van der Waals surface area contributed by atoms with Crippen molar-refractivity contribution in [3.8, 4) is 0 Å². The molecular weight excluding hydrogens is 384 g/mol. The van der Waals surface area contributed by atoms with Gasteiger partial charge in [0.25, 0.3) is 0 Å². The van der Waals surface area contributed by atoms with Crippen molar-refractivity contribution < 1.29 is 0 Å². The molecule has 0 fully saturated rings. The molecule has 2 atom stereocenters. The van der Waals surface area contributed by atoms with Gasteiger partial charge >= 0.3 is 0 Å². The van der Waals surface area contributed by atoms with Crippen molar-refractivity contribution in [1.82, 2.24) is 5.32 Å². The fourth-order valence-electron chi connectivity index (χ4n) is 3.57. The number of para-hydroxylation sites is 1. The molecule has 0 saturated heterocycles. The third-order valence-electron chi connectivity index (χ3n) is 5.07. The van der Waals surface area contributed by atoms with Crippen LogP contribution < -0.4 is 10.6 Å². The zero-order valence-electron chi connectivity index (χ0n) is 16.6. The first-order chi connectivity index (χ1) is 14.8. The number of thiocarbonyl (C=S) groups is 1. The summed E-state index contributed by atoms with van der Waals surface area (Å²) in [6.07, 6.45) is 0. The molecule has 4 aromatic rings. The lowest BCUT2D eigenvalue weighted by Gasteiger charge is -2.31. The number of benzene rings is 4. The maximum Gasteiger partial charge on any atom is 0.107 e. The van der Waals surface area contributed by atoms with Gasteiger partial charge < -0.3 is 10.6 Å². The molecule has 4 rings (SSSR count). The Morgan fingerprint density at radius 1 is 0.533 bits per heavy atom. The first-order valence-electron chi connectivity index (χ1n) is 10.1. The van der Waals surface area contributed by atoms with E-state index >= 15 is 0 Å². The predicted octanol–water partition coefficient (Wildman–Crippen LogP) is 6.55. The Balaban J connectivity index is 1.73. The van der Waals surface area contributed by atoms with Crippen molar-refractivity contribution in [3.05, 3.63) is 138 Å². The van der Waals surface area contributed by atoms with Gasteiger partial charge in [0.1, 0.15) is 4.99 Å². The van der Waals surface area contributed by atoms with E-state index in [1.54, 1.807) is 0 Å². The molecule has 0 aliphatic heterocycles. The lowest BCUT2D eigenvalue weighted by molar-refractivity contribution is 0.558. The fourth-order valence-corrected chi connectivity index (χ4v) is 3.83. The second-order valence-electron chi connectivity index (χ2n) is 7.13. The smallest absolute Gasteiger partial charge is 0.107 e. The molecule has 0 aliphatic carbocycles. The summed E-state index contributed by atoms with van der Waals surface area (Å²) in [5.74, 6) is 0. The topological polar surface area (TPSA) is 24.1 Å². The molecular formula is C27H24N2S. The second kappa shape index (κ2) is 9.86. The van der Waals surface area contributed by atoms with Gasteiger partial charge in [-0.1, -0.05) is 121 Å². The Labute approximate surface area is 183 Å². The number of anilines is 1. The first kappa shape index (κ1) is 19.9. The highest BCUT2D eigenvalue weighted by Crippen LogP contribution is 2.32. The molecule has 0 bridgehead atoms. The van der Waals surface area contributed by atoms with Crippen LogP contribution in [-0.2, 0) is 0 Å². The summed E-state index contributed by atoms with van der Waals surface area (Å²) in [6, 6.07) is 41.3. The van der Waals surface area contributed by atoms with Crippen LogP contribution >= 0.6 is 12.2 Å². The van der Waals surface area contributed by atoms with E-state index in [0.717, 1.165) is 16.2 Å². The summed E-state index contributed by atoms with van der Waals surface area (Å²) in [6.45, 7) is 0. The number of nitrogens with one attached hydrogen (secondary N) is 2. The molecule has 0 saturated carbocycles. The van der Waals surface area contributed by atoms with Gasteiger partial charge in [0.15, 0.2) is 0 Å². The van der Waals surface area contributed by atoms with Crippen molar-refractivity contribution in [3.63, 3.8) is 0 Å². The van der Waals surface area contributed by atoms with Gasteiger partial charge in [-0.2, -0.15) is 0 Å². The molecule has 0 radical (unpaired) electrons. The van der Waals surface area contributed by atoms with Gasteiger partial charge in [0, 0.05) is 11.3 Å². The highest BCUT2D eigenvalue weighted by atomic mass is 32.1. The van der Waals surface area contributed by atoms with E-state index in [0.29, 0.717) is 0 Å². The third-order valence-corrected chi connectivity index (χ3v) is 5.42. The van der Waals surface area contributed by atoms with Crippen LogP contribution in [0.3, 0.4) is 0 Å². The molecule has 0 heterocycles. The van der Waals surface area contributed by atoms with Crippen LogP contribution in [-0.4, -0.2) is 4.99 Å². The molecule has 0 amide bonds. The maximum absolute atomic E-state index is 5.79. The van der Waals surface area contributed by atoms with E-state index in [4.69, 9.17) is 12.2 Å². The predicted molar refractivity (Wildman–Crippen MR) is 130 cm³/mol. The average Bonchev–Trinajstić information content (AvgIpc) is 2.83. The Bertz CT molecular complexity index is 1050. The summed E-state index contributed by atoms with van der Waals surface area (Å²) in [7, 11) is 0. The average molecular weight is 409 g/mol. The Morgan fingerprint density at radius 2 is 0.967 bits per heavy atom. The SMILES string of the molecule is S=C(NC(c1ccccc1)C(Nc1ccccc1)c1ccccc1)c1ccccc1. The molecule has 2 N–H and O–H groups in total. The Hall–Kier alpha value is -3.43. The largest absolute Gasteiger partial charge is 0.376 e. The normalized spacial score (nSPS) is 12.5. The molecule has 148 valence electrons. The third kappa shape index (κ3) is 4.94. The van der Waals surface area contributed by atoms with E-state index < -0.39 is 0 Å². The van der Waals surface area contributed by atoms with Crippen molar-refractivity contribution in [1.29, 1.82) is 0 Å². The van der Waals surface area contributed by atoms with Gasteiger partial charge in [-0.3, -0.25) is 0 Å². The van der Waals surface area contributed by atoms with Crippen LogP contribution in [0.15, 0.2) is 121 Å². The maximum atomic E-state index is 5.79. The molecule has 30 heavy (non-hydrogen) atoms. The fraction of sp³-hybridized carbons (Fsp3) is 0.0741.